The molecule has 1 aliphatic carbocycles. The Labute approximate surface area is 135 Å². The summed E-state index contributed by atoms with van der Waals surface area (Å²) in [7, 11) is 0. The highest BCUT2D eigenvalue weighted by atomic mass is 35.5. The van der Waals surface area contributed by atoms with Crippen LogP contribution < -0.4 is 4.74 Å². The zero-order valence-corrected chi connectivity index (χ0v) is 13.2. The fourth-order valence-electron chi connectivity index (χ4n) is 2.21. The van der Waals surface area contributed by atoms with Gasteiger partial charge >= 0.3 is 0 Å². The summed E-state index contributed by atoms with van der Waals surface area (Å²) < 4.78 is 5.83. The lowest BCUT2D eigenvalue weighted by molar-refractivity contribution is 0.348. The smallest absolute Gasteiger partial charge is 0.137 e. The Morgan fingerprint density at radius 2 is 2.18 bits per heavy atom. The molecular formula is C18H18ClNO2. The van der Waals surface area contributed by atoms with Gasteiger partial charge in [-0.3, -0.25) is 0 Å². The maximum Gasteiger partial charge on any atom is 0.137 e. The molecule has 0 saturated heterocycles. The molecule has 22 heavy (non-hydrogen) atoms. The van der Waals surface area contributed by atoms with Crippen LogP contribution in [0.15, 0.2) is 47.6 Å². The first-order chi connectivity index (χ1) is 10.6. The van der Waals surface area contributed by atoms with Crippen molar-refractivity contribution in [2.75, 3.05) is 6.61 Å². The van der Waals surface area contributed by atoms with E-state index < -0.39 is 0 Å². The Morgan fingerprint density at radius 1 is 1.36 bits per heavy atom. The van der Waals surface area contributed by atoms with Crippen LogP contribution in [0, 0.1) is 11.3 Å². The summed E-state index contributed by atoms with van der Waals surface area (Å²) in [5, 5.41) is 19.1. The van der Waals surface area contributed by atoms with E-state index in [4.69, 9.17) is 21.6 Å². The molecule has 0 saturated carbocycles. The standard InChI is InChI=1S/C18H18ClNO2/c1-2-15-9-16(19)17(21)10-18(15)22-12-14-7-5-3-4-6-13(8-14)11-20/h4,6-10,21H,2-3,5,12H2,1H3/b6-4+,13-8+,14-7+. The van der Waals surface area contributed by atoms with Gasteiger partial charge in [0, 0.05) is 6.07 Å². The van der Waals surface area contributed by atoms with Crippen molar-refractivity contribution >= 4 is 11.6 Å². The fourth-order valence-corrected chi connectivity index (χ4v) is 2.39. The van der Waals surface area contributed by atoms with Crippen LogP contribution in [0.3, 0.4) is 0 Å². The van der Waals surface area contributed by atoms with Gasteiger partial charge in [0.1, 0.15) is 18.1 Å². The third-order valence-corrected chi connectivity index (χ3v) is 3.72. The number of phenols is 1. The average molecular weight is 316 g/mol. The number of hydrogen-bond acceptors (Lipinski definition) is 3. The van der Waals surface area contributed by atoms with Gasteiger partial charge in [0.25, 0.3) is 0 Å². The Hall–Kier alpha value is -2.18. The van der Waals surface area contributed by atoms with Crippen LogP contribution in [0.1, 0.15) is 25.3 Å². The zero-order valence-electron chi connectivity index (χ0n) is 12.5. The molecular weight excluding hydrogens is 298 g/mol. The van der Waals surface area contributed by atoms with E-state index in [1.54, 1.807) is 12.1 Å². The highest BCUT2D eigenvalue weighted by Crippen LogP contribution is 2.32. The SMILES string of the molecule is CCc1cc(Cl)c(O)cc1OCC1=C/CC/C=C/C(C#N)=C\1. The number of nitrogens with zero attached hydrogens (tertiary/aromatic N) is 1. The first kappa shape index (κ1) is 16.2. The first-order valence-electron chi connectivity index (χ1n) is 7.25. The minimum Gasteiger partial charge on any atom is -0.506 e. The zero-order chi connectivity index (χ0) is 15.9. The minimum absolute atomic E-state index is 0.0108. The van der Waals surface area contributed by atoms with Crippen molar-refractivity contribution in [2.45, 2.75) is 26.2 Å². The Kier molecular flexibility index (Phi) is 5.68. The van der Waals surface area contributed by atoms with E-state index in [9.17, 15) is 5.11 Å². The molecule has 0 spiro atoms. The number of ether oxygens (including phenoxy) is 1. The van der Waals surface area contributed by atoms with Gasteiger partial charge in [-0.05, 0) is 48.6 Å². The lowest BCUT2D eigenvalue weighted by Gasteiger charge is -2.13. The van der Waals surface area contributed by atoms with E-state index in [2.05, 4.69) is 12.1 Å². The van der Waals surface area contributed by atoms with Gasteiger partial charge in [-0.2, -0.15) is 5.26 Å². The molecule has 0 fully saturated rings. The molecule has 3 nitrogen and oxygen atoms in total. The molecule has 1 aromatic carbocycles. The van der Waals surface area contributed by atoms with Gasteiger partial charge in [-0.15, -0.1) is 0 Å². The molecule has 114 valence electrons. The lowest BCUT2D eigenvalue weighted by Crippen LogP contribution is -2.03. The van der Waals surface area contributed by atoms with Gasteiger partial charge in [0.05, 0.1) is 16.7 Å². The number of halogens is 1. The highest BCUT2D eigenvalue weighted by Gasteiger charge is 2.09. The molecule has 2 rings (SSSR count). The quantitative estimate of drug-likeness (QED) is 0.875. The number of rotatable bonds is 4. The molecule has 0 heterocycles. The Balaban J connectivity index is 2.17. The van der Waals surface area contributed by atoms with Gasteiger partial charge in [0.2, 0.25) is 0 Å². The van der Waals surface area contributed by atoms with Gasteiger partial charge in [-0.1, -0.05) is 30.7 Å². The molecule has 0 unspecified atom stereocenters. The van der Waals surface area contributed by atoms with Gasteiger partial charge in [-0.25, -0.2) is 0 Å². The van der Waals surface area contributed by atoms with Crippen LogP contribution in [-0.2, 0) is 6.42 Å². The normalized spacial score (nSPS) is 20.6. The van der Waals surface area contributed by atoms with E-state index in [1.165, 1.54) is 0 Å². The lowest BCUT2D eigenvalue weighted by atomic mass is 10.1. The molecule has 0 aliphatic heterocycles. The van der Waals surface area contributed by atoms with Crippen molar-refractivity contribution < 1.29 is 9.84 Å². The number of aryl methyl sites for hydroxylation is 1. The summed E-state index contributed by atoms with van der Waals surface area (Å²) in [6.45, 7) is 2.36. The Morgan fingerprint density at radius 3 is 2.91 bits per heavy atom. The van der Waals surface area contributed by atoms with E-state index in [-0.39, 0.29) is 5.75 Å². The van der Waals surface area contributed by atoms with Crippen LogP contribution in [0.4, 0.5) is 0 Å². The molecule has 0 atom stereocenters. The number of benzene rings is 1. The van der Waals surface area contributed by atoms with Crippen molar-refractivity contribution in [1.82, 2.24) is 0 Å². The average Bonchev–Trinajstić information content (AvgIpc) is 2.49. The van der Waals surface area contributed by atoms with Gasteiger partial charge < -0.3 is 9.84 Å². The van der Waals surface area contributed by atoms with Crippen LogP contribution in [0.5, 0.6) is 11.5 Å². The molecule has 1 aromatic rings. The second-order valence-electron chi connectivity index (χ2n) is 5.02. The van der Waals surface area contributed by atoms with Crippen molar-refractivity contribution in [3.8, 4) is 17.6 Å². The molecule has 0 bridgehead atoms. The van der Waals surface area contributed by atoms with Crippen molar-refractivity contribution in [3.05, 3.63) is 58.2 Å². The molecule has 4 heteroatoms. The molecule has 1 N–H and O–H groups in total. The number of nitriles is 1. The second kappa shape index (κ2) is 7.72. The summed E-state index contributed by atoms with van der Waals surface area (Å²) in [6, 6.07) is 5.42. The minimum atomic E-state index is 0.0108. The monoisotopic (exact) mass is 315 g/mol. The first-order valence-corrected chi connectivity index (χ1v) is 7.63. The summed E-state index contributed by atoms with van der Waals surface area (Å²) in [5.74, 6) is 0.631. The maximum absolute atomic E-state index is 9.73. The summed E-state index contributed by atoms with van der Waals surface area (Å²) in [6.07, 6.45) is 10.3. The molecule has 0 amide bonds. The van der Waals surface area contributed by atoms with Crippen molar-refractivity contribution in [3.63, 3.8) is 0 Å². The number of hydrogen-bond donors (Lipinski definition) is 1. The number of allylic oxidation sites excluding steroid dienone is 4. The van der Waals surface area contributed by atoms with Crippen LogP contribution in [0.2, 0.25) is 5.02 Å². The largest absolute Gasteiger partial charge is 0.506 e. The van der Waals surface area contributed by atoms with E-state index in [1.807, 2.05) is 25.2 Å². The number of phenolic OH excluding ortho intramolecular Hbond substituents is 1. The predicted octanol–water partition coefficient (Wildman–Crippen LogP) is 4.71. The van der Waals surface area contributed by atoms with Crippen LogP contribution in [0.25, 0.3) is 0 Å². The van der Waals surface area contributed by atoms with Gasteiger partial charge in [0.15, 0.2) is 0 Å². The fraction of sp³-hybridized carbons (Fsp3) is 0.278. The second-order valence-corrected chi connectivity index (χ2v) is 5.43. The predicted molar refractivity (Wildman–Crippen MR) is 88.1 cm³/mol. The third kappa shape index (κ3) is 4.16. The maximum atomic E-state index is 9.73. The molecule has 0 aromatic heterocycles. The van der Waals surface area contributed by atoms with Crippen LogP contribution in [-0.4, -0.2) is 11.7 Å². The summed E-state index contributed by atoms with van der Waals surface area (Å²) in [4.78, 5) is 0. The number of aromatic hydroxyl groups is 1. The molecule has 0 radical (unpaired) electrons. The van der Waals surface area contributed by atoms with E-state index in [0.717, 1.165) is 30.4 Å². The summed E-state index contributed by atoms with van der Waals surface area (Å²) >= 11 is 5.92. The topological polar surface area (TPSA) is 53.2 Å². The molecule has 1 aliphatic rings. The Bertz CT molecular complexity index is 681. The third-order valence-electron chi connectivity index (χ3n) is 3.41. The van der Waals surface area contributed by atoms with Crippen molar-refractivity contribution in [1.29, 1.82) is 5.26 Å². The summed E-state index contributed by atoms with van der Waals surface area (Å²) in [5.41, 5.74) is 2.51. The highest BCUT2D eigenvalue weighted by molar-refractivity contribution is 6.32. The van der Waals surface area contributed by atoms with Crippen molar-refractivity contribution in [2.24, 2.45) is 0 Å². The van der Waals surface area contributed by atoms with Crippen LogP contribution >= 0.6 is 11.6 Å². The van der Waals surface area contributed by atoms with E-state index in [0.29, 0.717) is 23.0 Å². The van der Waals surface area contributed by atoms with E-state index >= 15 is 0 Å².